The quantitative estimate of drug-likeness (QED) is 0.697. The summed E-state index contributed by atoms with van der Waals surface area (Å²) in [5.74, 6) is -5.62. The van der Waals surface area contributed by atoms with E-state index in [9.17, 15) is 17.6 Å². The van der Waals surface area contributed by atoms with E-state index < -0.39 is 17.3 Å². The van der Waals surface area contributed by atoms with Crippen LogP contribution < -0.4 is 5.73 Å². The maximum Gasteiger partial charge on any atom is 0.249 e. The van der Waals surface area contributed by atoms with E-state index in [0.717, 1.165) is 0 Å². The summed E-state index contributed by atoms with van der Waals surface area (Å²) < 4.78 is 50.5. The summed E-state index contributed by atoms with van der Waals surface area (Å²) in [6, 6.07) is 0. The molecule has 0 radical (unpaired) electrons. The van der Waals surface area contributed by atoms with Crippen LogP contribution in [0.1, 0.15) is 25.7 Å². The molecule has 14 heavy (non-hydrogen) atoms. The number of hydrogen-bond acceptors (Lipinski definition) is 1. The van der Waals surface area contributed by atoms with E-state index in [-0.39, 0.29) is 38.1 Å². The van der Waals surface area contributed by atoms with Crippen LogP contribution in [-0.2, 0) is 0 Å². The topological polar surface area (TPSA) is 26.0 Å². The summed E-state index contributed by atoms with van der Waals surface area (Å²) in [5.41, 5.74) is 4.71. The number of nitrogens with two attached hydrogens (primary N) is 1. The van der Waals surface area contributed by atoms with E-state index in [0.29, 0.717) is 0 Å². The first-order valence-electron chi connectivity index (χ1n) is 4.74. The third-order valence-electron chi connectivity index (χ3n) is 3.58. The Hall–Kier alpha value is -0.320. The predicted molar refractivity (Wildman–Crippen MR) is 43.3 cm³/mol. The fourth-order valence-corrected chi connectivity index (χ4v) is 2.67. The highest BCUT2D eigenvalue weighted by Gasteiger charge is 2.64. The molecule has 0 spiro atoms. The van der Waals surface area contributed by atoms with Gasteiger partial charge in [-0.3, -0.25) is 0 Å². The van der Waals surface area contributed by atoms with Crippen LogP contribution >= 0.6 is 0 Å². The van der Waals surface area contributed by atoms with Gasteiger partial charge in [0, 0.05) is 25.7 Å². The normalized spacial score (nSPS) is 33.2. The summed E-state index contributed by atoms with van der Waals surface area (Å²) in [6.45, 7) is 0.101. The van der Waals surface area contributed by atoms with Crippen LogP contribution in [0.2, 0.25) is 0 Å². The molecule has 0 aromatic heterocycles. The van der Waals surface area contributed by atoms with Gasteiger partial charge in [0.2, 0.25) is 11.8 Å². The van der Waals surface area contributed by atoms with Gasteiger partial charge in [-0.05, 0) is 17.9 Å². The molecule has 0 amide bonds. The van der Waals surface area contributed by atoms with E-state index >= 15 is 0 Å². The molecule has 0 saturated heterocycles. The number of rotatable bonds is 2. The predicted octanol–water partition coefficient (Wildman–Crippen LogP) is 2.41. The average molecular weight is 211 g/mol. The second-order valence-corrected chi connectivity index (χ2v) is 4.74. The minimum absolute atomic E-state index is 0.101. The van der Waals surface area contributed by atoms with Crippen LogP contribution in [0.5, 0.6) is 0 Å². The van der Waals surface area contributed by atoms with Crippen LogP contribution in [0.4, 0.5) is 17.6 Å². The van der Waals surface area contributed by atoms with Crippen LogP contribution in [0, 0.1) is 11.3 Å². The van der Waals surface area contributed by atoms with Crippen LogP contribution in [0.15, 0.2) is 0 Å². The van der Waals surface area contributed by atoms with Crippen LogP contribution in [-0.4, -0.2) is 18.4 Å². The van der Waals surface area contributed by atoms with E-state index in [2.05, 4.69) is 0 Å². The van der Waals surface area contributed by atoms with Gasteiger partial charge in [0.1, 0.15) is 0 Å². The minimum atomic E-state index is -2.68. The third kappa shape index (κ3) is 1.42. The van der Waals surface area contributed by atoms with Crippen LogP contribution in [0.3, 0.4) is 0 Å². The van der Waals surface area contributed by atoms with Gasteiger partial charge in [0.05, 0.1) is 0 Å². The highest BCUT2D eigenvalue weighted by atomic mass is 19.3. The minimum Gasteiger partial charge on any atom is -0.330 e. The highest BCUT2D eigenvalue weighted by Crippen LogP contribution is 2.63. The van der Waals surface area contributed by atoms with Crippen molar-refractivity contribution in [3.63, 3.8) is 0 Å². The maximum atomic E-state index is 12.7. The summed E-state index contributed by atoms with van der Waals surface area (Å²) in [5, 5.41) is 0. The average Bonchev–Trinajstić information content (AvgIpc) is 1.94. The van der Waals surface area contributed by atoms with E-state index in [1.165, 1.54) is 0 Å². The van der Waals surface area contributed by atoms with Crippen molar-refractivity contribution in [1.82, 2.24) is 0 Å². The molecular weight excluding hydrogens is 198 g/mol. The van der Waals surface area contributed by atoms with Gasteiger partial charge < -0.3 is 5.73 Å². The second kappa shape index (κ2) is 2.62. The molecule has 0 unspecified atom stereocenters. The van der Waals surface area contributed by atoms with Crippen molar-refractivity contribution in [2.75, 3.05) is 6.54 Å². The first-order valence-corrected chi connectivity index (χ1v) is 4.74. The highest BCUT2D eigenvalue weighted by molar-refractivity contribution is 5.08. The van der Waals surface area contributed by atoms with Crippen molar-refractivity contribution < 1.29 is 17.6 Å². The molecular formula is C9H13F4N. The molecule has 1 nitrogen and oxygen atoms in total. The zero-order valence-corrected chi connectivity index (χ0v) is 7.70. The van der Waals surface area contributed by atoms with Gasteiger partial charge in [0.25, 0.3) is 0 Å². The van der Waals surface area contributed by atoms with Crippen molar-refractivity contribution in [3.05, 3.63) is 0 Å². The molecule has 5 heteroatoms. The summed E-state index contributed by atoms with van der Waals surface area (Å²) in [6.07, 6.45) is -1.14. The lowest BCUT2D eigenvalue weighted by Crippen LogP contribution is -2.59. The molecule has 2 N–H and O–H groups in total. The lowest BCUT2D eigenvalue weighted by molar-refractivity contribution is -0.231. The summed E-state index contributed by atoms with van der Waals surface area (Å²) >= 11 is 0. The number of hydrogen-bond donors (Lipinski definition) is 1. The lowest BCUT2D eigenvalue weighted by atomic mass is 9.52. The second-order valence-electron chi connectivity index (χ2n) is 4.74. The Balaban J connectivity index is 1.97. The molecule has 0 aliphatic heterocycles. The monoisotopic (exact) mass is 211 g/mol. The van der Waals surface area contributed by atoms with E-state index in [4.69, 9.17) is 5.73 Å². The first-order chi connectivity index (χ1) is 6.29. The zero-order chi connectivity index (χ0) is 10.6. The van der Waals surface area contributed by atoms with Gasteiger partial charge in [-0.15, -0.1) is 0 Å². The van der Waals surface area contributed by atoms with Gasteiger partial charge in [0.15, 0.2) is 0 Å². The van der Waals surface area contributed by atoms with Crippen molar-refractivity contribution in [3.8, 4) is 0 Å². The molecule has 0 aromatic carbocycles. The molecule has 0 atom stereocenters. The van der Waals surface area contributed by atoms with Crippen molar-refractivity contribution in [2.45, 2.75) is 37.5 Å². The molecule has 2 saturated carbocycles. The van der Waals surface area contributed by atoms with E-state index in [1.807, 2.05) is 0 Å². The molecule has 0 heterocycles. The zero-order valence-electron chi connectivity index (χ0n) is 7.70. The van der Waals surface area contributed by atoms with Gasteiger partial charge in [-0.2, -0.15) is 0 Å². The largest absolute Gasteiger partial charge is 0.330 e. The molecule has 2 aliphatic carbocycles. The standard InChI is InChI=1S/C9H13F4N/c10-8(11)1-6(2-8)7(5-14)3-9(12,13)4-7/h6H,1-5,14H2. The van der Waals surface area contributed by atoms with Gasteiger partial charge in [-0.25, -0.2) is 17.6 Å². The Kier molecular flexibility index (Phi) is 1.91. The molecule has 0 aromatic rings. The van der Waals surface area contributed by atoms with E-state index in [1.54, 1.807) is 0 Å². The SMILES string of the molecule is NCC1(C2CC(F)(F)C2)CC(F)(F)C1. The molecule has 2 rings (SSSR count). The lowest BCUT2D eigenvalue weighted by Gasteiger charge is -2.56. The Morgan fingerprint density at radius 3 is 1.79 bits per heavy atom. The molecule has 0 bridgehead atoms. The van der Waals surface area contributed by atoms with Crippen molar-refractivity contribution >= 4 is 0 Å². The Labute approximate surface area is 79.6 Å². The Morgan fingerprint density at radius 2 is 1.50 bits per heavy atom. The Morgan fingerprint density at radius 1 is 1.00 bits per heavy atom. The fourth-order valence-electron chi connectivity index (χ4n) is 2.67. The maximum absolute atomic E-state index is 12.7. The molecule has 2 fully saturated rings. The smallest absolute Gasteiger partial charge is 0.249 e. The third-order valence-corrected chi connectivity index (χ3v) is 3.58. The van der Waals surface area contributed by atoms with Crippen LogP contribution in [0.25, 0.3) is 0 Å². The Bertz CT molecular complexity index is 235. The summed E-state index contributed by atoms with van der Waals surface area (Å²) in [7, 11) is 0. The summed E-state index contributed by atoms with van der Waals surface area (Å²) in [4.78, 5) is 0. The van der Waals surface area contributed by atoms with Crippen molar-refractivity contribution in [2.24, 2.45) is 17.1 Å². The number of alkyl halides is 4. The van der Waals surface area contributed by atoms with Gasteiger partial charge in [-0.1, -0.05) is 0 Å². The number of halogens is 4. The first kappa shape index (κ1) is 10.2. The van der Waals surface area contributed by atoms with Gasteiger partial charge >= 0.3 is 0 Å². The fraction of sp³-hybridized carbons (Fsp3) is 1.00. The molecule has 82 valence electrons. The van der Waals surface area contributed by atoms with Crippen molar-refractivity contribution in [1.29, 1.82) is 0 Å². The molecule has 2 aliphatic rings.